The van der Waals surface area contributed by atoms with E-state index in [0.717, 1.165) is 22.4 Å². The fourth-order valence-electron chi connectivity index (χ4n) is 3.29. The SMILES string of the molecule is Cc1cc2cc(C(=O)O)ccc2c(OCC2CCC(C)CC2)n1. The number of hydrogen-bond donors (Lipinski definition) is 1. The van der Waals surface area contributed by atoms with Crippen LogP contribution in [0.4, 0.5) is 0 Å². The first-order chi connectivity index (χ1) is 11.0. The molecule has 23 heavy (non-hydrogen) atoms. The van der Waals surface area contributed by atoms with Gasteiger partial charge >= 0.3 is 5.97 Å². The van der Waals surface area contributed by atoms with Gasteiger partial charge in [0.2, 0.25) is 5.88 Å². The van der Waals surface area contributed by atoms with Gasteiger partial charge in [-0.2, -0.15) is 0 Å². The zero-order valence-corrected chi connectivity index (χ0v) is 13.7. The lowest BCUT2D eigenvalue weighted by Gasteiger charge is -2.26. The summed E-state index contributed by atoms with van der Waals surface area (Å²) in [4.78, 5) is 15.6. The molecule has 0 atom stereocenters. The maximum Gasteiger partial charge on any atom is 0.335 e. The van der Waals surface area contributed by atoms with Gasteiger partial charge in [-0.3, -0.25) is 0 Å². The number of pyridine rings is 1. The Bertz CT molecular complexity index is 718. The predicted octanol–water partition coefficient (Wildman–Crippen LogP) is 4.45. The summed E-state index contributed by atoms with van der Waals surface area (Å²) >= 11 is 0. The lowest BCUT2D eigenvalue weighted by atomic mass is 9.83. The second-order valence-corrected chi connectivity index (χ2v) is 6.75. The minimum absolute atomic E-state index is 0.287. The molecule has 1 aliphatic rings. The molecule has 1 aromatic heterocycles. The van der Waals surface area contributed by atoms with Gasteiger partial charge < -0.3 is 9.84 Å². The van der Waals surface area contributed by atoms with E-state index in [1.54, 1.807) is 18.2 Å². The summed E-state index contributed by atoms with van der Waals surface area (Å²) in [6.07, 6.45) is 4.98. The van der Waals surface area contributed by atoms with E-state index in [1.165, 1.54) is 25.7 Å². The molecule has 1 saturated carbocycles. The zero-order chi connectivity index (χ0) is 16.4. The van der Waals surface area contributed by atoms with Crippen LogP contribution in [-0.4, -0.2) is 22.7 Å². The molecule has 1 heterocycles. The van der Waals surface area contributed by atoms with E-state index in [0.29, 0.717) is 18.4 Å². The van der Waals surface area contributed by atoms with E-state index in [4.69, 9.17) is 9.84 Å². The molecule has 1 N–H and O–H groups in total. The second-order valence-electron chi connectivity index (χ2n) is 6.75. The number of rotatable bonds is 4. The maximum absolute atomic E-state index is 11.1. The number of hydrogen-bond acceptors (Lipinski definition) is 3. The van der Waals surface area contributed by atoms with Gasteiger partial charge in [-0.15, -0.1) is 0 Å². The first-order valence-corrected chi connectivity index (χ1v) is 8.30. The topological polar surface area (TPSA) is 59.4 Å². The van der Waals surface area contributed by atoms with E-state index in [-0.39, 0.29) is 5.56 Å². The van der Waals surface area contributed by atoms with Gasteiger partial charge in [0.25, 0.3) is 0 Å². The quantitative estimate of drug-likeness (QED) is 0.906. The van der Waals surface area contributed by atoms with E-state index >= 15 is 0 Å². The number of carboxylic acid groups (broad SMARTS) is 1. The first-order valence-electron chi connectivity index (χ1n) is 8.30. The van der Waals surface area contributed by atoms with E-state index < -0.39 is 5.97 Å². The molecule has 1 fully saturated rings. The molecule has 0 amide bonds. The summed E-state index contributed by atoms with van der Waals surface area (Å²) in [6.45, 7) is 4.91. The number of aromatic nitrogens is 1. The monoisotopic (exact) mass is 313 g/mol. The molecule has 3 rings (SSSR count). The van der Waals surface area contributed by atoms with Gasteiger partial charge in [0.15, 0.2) is 0 Å². The Morgan fingerprint density at radius 2 is 2.00 bits per heavy atom. The smallest absolute Gasteiger partial charge is 0.335 e. The van der Waals surface area contributed by atoms with Crippen molar-refractivity contribution in [1.29, 1.82) is 0 Å². The van der Waals surface area contributed by atoms with Gasteiger partial charge in [-0.05, 0) is 61.3 Å². The molecule has 2 aromatic rings. The van der Waals surface area contributed by atoms with Crippen LogP contribution in [0.2, 0.25) is 0 Å². The highest BCUT2D eigenvalue weighted by molar-refractivity contribution is 5.96. The number of fused-ring (bicyclic) bond motifs is 1. The molecular weight excluding hydrogens is 290 g/mol. The average Bonchev–Trinajstić information content (AvgIpc) is 2.53. The van der Waals surface area contributed by atoms with Crippen molar-refractivity contribution in [3.8, 4) is 5.88 Å². The molecule has 4 heteroatoms. The van der Waals surface area contributed by atoms with Gasteiger partial charge in [0.05, 0.1) is 12.2 Å². The molecule has 122 valence electrons. The number of aryl methyl sites for hydroxylation is 1. The van der Waals surface area contributed by atoms with Crippen molar-refractivity contribution < 1.29 is 14.6 Å². The minimum Gasteiger partial charge on any atom is -0.478 e. The van der Waals surface area contributed by atoms with Crippen molar-refractivity contribution in [2.24, 2.45) is 11.8 Å². The largest absolute Gasteiger partial charge is 0.478 e. The Labute approximate surface area is 136 Å². The van der Waals surface area contributed by atoms with Crippen LogP contribution < -0.4 is 4.74 Å². The average molecular weight is 313 g/mol. The molecule has 0 aliphatic heterocycles. The van der Waals surface area contributed by atoms with Crippen LogP contribution in [-0.2, 0) is 0 Å². The lowest BCUT2D eigenvalue weighted by molar-refractivity contribution is 0.0697. The maximum atomic E-state index is 11.1. The fourth-order valence-corrected chi connectivity index (χ4v) is 3.29. The third-order valence-corrected chi connectivity index (χ3v) is 4.76. The van der Waals surface area contributed by atoms with Crippen molar-refractivity contribution in [1.82, 2.24) is 4.98 Å². The second kappa shape index (κ2) is 6.57. The number of benzene rings is 1. The van der Waals surface area contributed by atoms with E-state index in [1.807, 2.05) is 13.0 Å². The van der Waals surface area contributed by atoms with Gasteiger partial charge in [0, 0.05) is 11.1 Å². The summed E-state index contributed by atoms with van der Waals surface area (Å²) in [5.41, 5.74) is 1.13. The normalized spacial score (nSPS) is 21.3. The van der Waals surface area contributed by atoms with Crippen molar-refractivity contribution >= 4 is 16.7 Å². The minimum atomic E-state index is -0.917. The first kappa shape index (κ1) is 15.8. The molecule has 1 aliphatic carbocycles. The van der Waals surface area contributed by atoms with Crippen LogP contribution in [0.25, 0.3) is 10.8 Å². The molecular formula is C19H23NO3. The van der Waals surface area contributed by atoms with Crippen molar-refractivity contribution in [2.45, 2.75) is 39.5 Å². The zero-order valence-electron chi connectivity index (χ0n) is 13.7. The molecule has 0 radical (unpaired) electrons. The Morgan fingerprint density at radius 1 is 1.26 bits per heavy atom. The van der Waals surface area contributed by atoms with Crippen LogP contribution in [0.1, 0.15) is 48.7 Å². The number of ether oxygens (including phenoxy) is 1. The Morgan fingerprint density at radius 3 is 2.70 bits per heavy atom. The number of aromatic carboxylic acids is 1. The van der Waals surface area contributed by atoms with Crippen LogP contribution in [0.5, 0.6) is 5.88 Å². The predicted molar refractivity (Wildman–Crippen MR) is 90.1 cm³/mol. The summed E-state index contributed by atoms with van der Waals surface area (Å²) in [5, 5.41) is 10.9. The summed E-state index contributed by atoms with van der Waals surface area (Å²) in [6, 6.07) is 6.98. The van der Waals surface area contributed by atoms with Gasteiger partial charge in [-0.25, -0.2) is 9.78 Å². The van der Waals surface area contributed by atoms with Gasteiger partial charge in [0.1, 0.15) is 0 Å². The lowest BCUT2D eigenvalue weighted by Crippen LogP contribution is -2.19. The number of nitrogens with zero attached hydrogens (tertiary/aromatic N) is 1. The molecule has 0 bridgehead atoms. The van der Waals surface area contributed by atoms with Crippen LogP contribution in [0, 0.1) is 18.8 Å². The Hall–Kier alpha value is -2.10. The van der Waals surface area contributed by atoms with Crippen molar-refractivity contribution in [3.63, 3.8) is 0 Å². The van der Waals surface area contributed by atoms with Crippen molar-refractivity contribution in [2.75, 3.05) is 6.61 Å². The van der Waals surface area contributed by atoms with E-state index in [9.17, 15) is 4.79 Å². The molecule has 0 unspecified atom stereocenters. The molecule has 0 saturated heterocycles. The summed E-state index contributed by atoms with van der Waals surface area (Å²) in [5.74, 6) is 1.14. The number of carboxylic acids is 1. The highest BCUT2D eigenvalue weighted by Gasteiger charge is 2.19. The molecule has 4 nitrogen and oxygen atoms in total. The molecule has 1 aromatic carbocycles. The van der Waals surface area contributed by atoms with Crippen LogP contribution in [0.15, 0.2) is 24.3 Å². The van der Waals surface area contributed by atoms with Crippen LogP contribution >= 0.6 is 0 Å². The van der Waals surface area contributed by atoms with E-state index in [2.05, 4.69) is 11.9 Å². The Kier molecular flexibility index (Phi) is 4.51. The molecule has 0 spiro atoms. The third kappa shape index (κ3) is 3.63. The highest BCUT2D eigenvalue weighted by Crippen LogP contribution is 2.30. The summed E-state index contributed by atoms with van der Waals surface area (Å²) < 4.78 is 6.02. The van der Waals surface area contributed by atoms with Crippen LogP contribution in [0.3, 0.4) is 0 Å². The summed E-state index contributed by atoms with van der Waals surface area (Å²) in [7, 11) is 0. The number of carbonyl (C=O) groups is 1. The highest BCUT2D eigenvalue weighted by atomic mass is 16.5. The third-order valence-electron chi connectivity index (χ3n) is 4.76. The standard InChI is InChI=1S/C19H23NO3/c1-12-3-5-14(6-4-12)11-23-18-17-8-7-15(19(21)22)10-16(17)9-13(2)20-18/h7-10,12,14H,3-6,11H2,1-2H3,(H,21,22). The van der Waals surface area contributed by atoms with Gasteiger partial charge in [-0.1, -0.05) is 19.8 Å². The Balaban J connectivity index is 1.81. The fraction of sp³-hybridized carbons (Fsp3) is 0.474. The van der Waals surface area contributed by atoms with Crippen molar-refractivity contribution in [3.05, 3.63) is 35.5 Å².